The van der Waals surface area contributed by atoms with Crippen LogP contribution in [0.2, 0.25) is 0 Å². The van der Waals surface area contributed by atoms with Gasteiger partial charge in [-0.15, -0.1) is 0 Å². The Hall–Kier alpha value is -2.59. The topological polar surface area (TPSA) is 102 Å². The van der Waals surface area contributed by atoms with Crippen LogP contribution >= 0.6 is 0 Å². The molecule has 5 rings (SSSR count). The standard InChI is InChI=1S/C24H31N3O6S/c1-17-22(18(2)33-25-17)34(29,30)27-12-6-11-26(13-14-27)23(28)24(9-4-3-5-10-24)19-7-8-20-21(15-19)32-16-31-20/h7-8,15H,3-6,9-14,16H2,1-2H3. The Kier molecular flexibility index (Phi) is 6.05. The maximum atomic E-state index is 14.1. The van der Waals surface area contributed by atoms with E-state index in [0.29, 0.717) is 49.0 Å². The number of nitrogens with zero attached hydrogens (tertiary/aromatic N) is 3. The van der Waals surface area contributed by atoms with Crippen molar-refractivity contribution in [2.24, 2.45) is 0 Å². The second kappa shape index (κ2) is 8.88. The average molecular weight is 490 g/mol. The number of benzene rings is 1. The van der Waals surface area contributed by atoms with Crippen molar-refractivity contribution >= 4 is 15.9 Å². The van der Waals surface area contributed by atoms with Crippen LogP contribution in [-0.4, -0.2) is 61.7 Å². The number of carbonyl (C=O) groups excluding carboxylic acids is 1. The molecular formula is C24H31N3O6S. The fourth-order valence-corrected chi connectivity index (χ4v) is 7.35. The van der Waals surface area contributed by atoms with Crippen LogP contribution < -0.4 is 9.47 Å². The molecule has 0 unspecified atom stereocenters. The van der Waals surface area contributed by atoms with Gasteiger partial charge in [-0.3, -0.25) is 4.79 Å². The maximum Gasteiger partial charge on any atom is 0.248 e. The SMILES string of the molecule is Cc1noc(C)c1S(=O)(=O)N1CCCN(C(=O)C2(c3ccc4c(c3)OCO4)CCCCC2)CC1. The minimum atomic E-state index is -3.74. The first-order valence-electron chi connectivity index (χ1n) is 12.0. The molecule has 1 aromatic heterocycles. The Morgan fingerprint density at radius 2 is 1.74 bits per heavy atom. The molecule has 3 aliphatic rings. The molecule has 0 radical (unpaired) electrons. The number of hydrogen-bond donors (Lipinski definition) is 0. The molecule has 0 spiro atoms. The third-order valence-corrected chi connectivity index (χ3v) is 9.49. The average Bonchev–Trinajstić information content (AvgIpc) is 3.35. The monoisotopic (exact) mass is 489 g/mol. The summed E-state index contributed by atoms with van der Waals surface area (Å²) in [7, 11) is -3.74. The van der Waals surface area contributed by atoms with Crippen molar-refractivity contribution in [3.8, 4) is 11.5 Å². The summed E-state index contributed by atoms with van der Waals surface area (Å²) in [5, 5.41) is 3.81. The molecule has 1 saturated carbocycles. The molecule has 10 heteroatoms. The molecule has 3 heterocycles. The predicted octanol–water partition coefficient (Wildman–Crippen LogP) is 3.15. The van der Waals surface area contributed by atoms with Crippen LogP contribution in [0.5, 0.6) is 11.5 Å². The number of fused-ring (bicyclic) bond motifs is 1. The second-order valence-electron chi connectivity index (χ2n) is 9.41. The molecule has 9 nitrogen and oxygen atoms in total. The fraction of sp³-hybridized carbons (Fsp3) is 0.583. The highest BCUT2D eigenvalue weighted by atomic mass is 32.2. The number of carbonyl (C=O) groups is 1. The number of rotatable bonds is 4. The zero-order valence-electron chi connectivity index (χ0n) is 19.7. The first-order chi connectivity index (χ1) is 16.3. The van der Waals surface area contributed by atoms with Gasteiger partial charge in [0, 0.05) is 26.2 Å². The van der Waals surface area contributed by atoms with Gasteiger partial charge in [-0.2, -0.15) is 4.31 Å². The van der Waals surface area contributed by atoms with Crippen molar-refractivity contribution in [2.45, 2.75) is 62.7 Å². The first kappa shape index (κ1) is 23.2. The Labute approximate surface area is 200 Å². The van der Waals surface area contributed by atoms with Gasteiger partial charge in [0.05, 0.1) is 5.41 Å². The van der Waals surface area contributed by atoms with Gasteiger partial charge in [-0.1, -0.05) is 30.5 Å². The third-order valence-electron chi connectivity index (χ3n) is 7.35. The van der Waals surface area contributed by atoms with Crippen molar-refractivity contribution in [1.82, 2.24) is 14.4 Å². The lowest BCUT2D eigenvalue weighted by atomic mass is 9.68. The second-order valence-corrected chi connectivity index (χ2v) is 11.3. The van der Waals surface area contributed by atoms with Crippen LogP contribution in [-0.2, 0) is 20.2 Å². The molecule has 34 heavy (non-hydrogen) atoms. The highest BCUT2D eigenvalue weighted by molar-refractivity contribution is 7.89. The largest absolute Gasteiger partial charge is 0.454 e. The highest BCUT2D eigenvalue weighted by Crippen LogP contribution is 2.44. The third kappa shape index (κ3) is 3.86. The summed E-state index contributed by atoms with van der Waals surface area (Å²) < 4.78 is 44.2. The lowest BCUT2D eigenvalue weighted by Gasteiger charge is -2.40. The Morgan fingerprint density at radius 1 is 0.971 bits per heavy atom. The summed E-state index contributed by atoms with van der Waals surface area (Å²) in [6.07, 6.45) is 5.22. The van der Waals surface area contributed by atoms with Crippen LogP contribution in [0, 0.1) is 13.8 Å². The minimum absolute atomic E-state index is 0.0858. The molecule has 2 fully saturated rings. The van der Waals surface area contributed by atoms with E-state index >= 15 is 0 Å². The number of ether oxygens (including phenoxy) is 2. The van der Waals surface area contributed by atoms with Gasteiger partial charge in [0.15, 0.2) is 17.3 Å². The molecule has 1 amide bonds. The van der Waals surface area contributed by atoms with Crippen LogP contribution in [0.25, 0.3) is 0 Å². The number of hydrogen-bond acceptors (Lipinski definition) is 7. The van der Waals surface area contributed by atoms with E-state index in [1.807, 2.05) is 23.1 Å². The van der Waals surface area contributed by atoms with Crippen molar-refractivity contribution in [3.05, 3.63) is 35.2 Å². The Bertz CT molecular complexity index is 1170. The summed E-state index contributed by atoms with van der Waals surface area (Å²) in [5.74, 6) is 1.77. The molecule has 0 bridgehead atoms. The zero-order chi connectivity index (χ0) is 23.9. The Morgan fingerprint density at radius 3 is 2.47 bits per heavy atom. The maximum absolute atomic E-state index is 14.1. The van der Waals surface area contributed by atoms with E-state index in [0.717, 1.165) is 37.7 Å². The van der Waals surface area contributed by atoms with Crippen LogP contribution in [0.3, 0.4) is 0 Å². The lowest BCUT2D eigenvalue weighted by molar-refractivity contribution is -0.138. The minimum Gasteiger partial charge on any atom is -0.454 e. The van der Waals surface area contributed by atoms with Gasteiger partial charge >= 0.3 is 0 Å². The number of aromatic nitrogens is 1. The number of amides is 1. The Balaban J connectivity index is 1.39. The molecule has 184 valence electrons. The normalized spacial score (nSPS) is 20.8. The molecule has 0 N–H and O–H groups in total. The summed E-state index contributed by atoms with van der Waals surface area (Å²) >= 11 is 0. The number of aryl methyl sites for hydroxylation is 2. The van der Waals surface area contributed by atoms with Crippen molar-refractivity contribution in [1.29, 1.82) is 0 Å². The highest BCUT2D eigenvalue weighted by Gasteiger charge is 2.45. The molecular weight excluding hydrogens is 458 g/mol. The van der Waals surface area contributed by atoms with E-state index < -0.39 is 15.4 Å². The quantitative estimate of drug-likeness (QED) is 0.650. The fourth-order valence-electron chi connectivity index (χ4n) is 5.59. The first-order valence-corrected chi connectivity index (χ1v) is 13.4. The summed E-state index contributed by atoms with van der Waals surface area (Å²) in [4.78, 5) is 16.1. The molecule has 2 aromatic rings. The van der Waals surface area contributed by atoms with E-state index in [1.165, 1.54) is 4.31 Å². The molecule has 0 atom stereocenters. The van der Waals surface area contributed by atoms with Gasteiger partial charge < -0.3 is 18.9 Å². The van der Waals surface area contributed by atoms with Crippen LogP contribution in [0.4, 0.5) is 0 Å². The van der Waals surface area contributed by atoms with E-state index in [4.69, 9.17) is 14.0 Å². The van der Waals surface area contributed by atoms with E-state index in [-0.39, 0.29) is 24.1 Å². The van der Waals surface area contributed by atoms with Gasteiger partial charge in [-0.25, -0.2) is 8.42 Å². The molecule has 1 saturated heterocycles. The smallest absolute Gasteiger partial charge is 0.248 e. The van der Waals surface area contributed by atoms with Crippen molar-refractivity contribution < 1.29 is 27.2 Å². The van der Waals surface area contributed by atoms with E-state index in [2.05, 4.69) is 5.16 Å². The van der Waals surface area contributed by atoms with E-state index in [1.54, 1.807) is 13.8 Å². The van der Waals surface area contributed by atoms with Gasteiger partial charge in [-0.05, 0) is 50.8 Å². The van der Waals surface area contributed by atoms with Gasteiger partial charge in [0.1, 0.15) is 10.6 Å². The zero-order valence-corrected chi connectivity index (χ0v) is 20.5. The van der Waals surface area contributed by atoms with Gasteiger partial charge in [0.25, 0.3) is 0 Å². The summed E-state index contributed by atoms with van der Waals surface area (Å²) in [6, 6.07) is 5.84. The van der Waals surface area contributed by atoms with Crippen LogP contribution in [0.1, 0.15) is 55.5 Å². The molecule has 1 aliphatic carbocycles. The number of sulfonamides is 1. The summed E-state index contributed by atoms with van der Waals surface area (Å²) in [5.41, 5.74) is 0.708. The molecule has 2 aliphatic heterocycles. The lowest BCUT2D eigenvalue weighted by Crippen LogP contribution is -2.49. The predicted molar refractivity (Wildman–Crippen MR) is 123 cm³/mol. The summed E-state index contributed by atoms with van der Waals surface area (Å²) in [6.45, 7) is 4.92. The van der Waals surface area contributed by atoms with Crippen molar-refractivity contribution in [2.75, 3.05) is 33.0 Å². The molecule has 1 aromatic carbocycles. The van der Waals surface area contributed by atoms with Crippen molar-refractivity contribution in [3.63, 3.8) is 0 Å². The van der Waals surface area contributed by atoms with E-state index in [9.17, 15) is 13.2 Å². The van der Waals surface area contributed by atoms with Crippen LogP contribution in [0.15, 0.2) is 27.6 Å². The van der Waals surface area contributed by atoms with Gasteiger partial charge in [0.2, 0.25) is 22.7 Å².